The molecule has 2 amide bonds. The third kappa shape index (κ3) is 3.20. The van der Waals surface area contributed by atoms with Crippen LogP contribution in [0, 0.1) is 0 Å². The number of methoxy groups -OCH3 is 1. The molecule has 1 fully saturated rings. The summed E-state index contributed by atoms with van der Waals surface area (Å²) in [4.78, 5) is 14.6. The summed E-state index contributed by atoms with van der Waals surface area (Å²) in [5.74, 6) is 0. The molecule has 2 aromatic carbocycles. The molecule has 0 unspecified atom stereocenters. The molecular weight excluding hydrogens is 328 g/mol. The fourth-order valence-corrected chi connectivity index (χ4v) is 3.98. The Bertz CT molecular complexity index is 786. The van der Waals surface area contributed by atoms with Crippen LogP contribution in [0.1, 0.15) is 23.1 Å². The molecule has 5 nitrogen and oxygen atoms in total. The number of fused-ring (bicyclic) bond motifs is 2. The van der Waals surface area contributed by atoms with E-state index < -0.39 is 0 Å². The molecule has 26 heavy (non-hydrogen) atoms. The van der Waals surface area contributed by atoms with Crippen molar-refractivity contribution >= 4 is 11.7 Å². The highest BCUT2D eigenvalue weighted by Crippen LogP contribution is 2.42. The molecule has 1 atom stereocenters. The first-order chi connectivity index (χ1) is 12.7. The van der Waals surface area contributed by atoms with Crippen molar-refractivity contribution in [2.75, 3.05) is 32.1 Å². The van der Waals surface area contributed by atoms with Gasteiger partial charge < -0.3 is 19.7 Å². The number of urea groups is 1. The molecule has 1 aliphatic heterocycles. The van der Waals surface area contributed by atoms with Crippen LogP contribution >= 0.6 is 0 Å². The van der Waals surface area contributed by atoms with E-state index in [1.54, 1.807) is 7.11 Å². The average Bonchev–Trinajstić information content (AvgIpc) is 3.02. The number of aryl methyl sites for hydroxylation is 1. The van der Waals surface area contributed by atoms with Gasteiger partial charge in [-0.15, -0.1) is 0 Å². The Kier molecular flexibility index (Phi) is 4.66. The predicted molar refractivity (Wildman–Crippen MR) is 100 cm³/mol. The monoisotopic (exact) mass is 352 g/mol. The van der Waals surface area contributed by atoms with Crippen molar-refractivity contribution in [3.8, 4) is 0 Å². The first kappa shape index (κ1) is 17.1. The molecule has 0 aromatic heterocycles. The highest BCUT2D eigenvalue weighted by atomic mass is 16.5. The molecule has 0 bridgehead atoms. The van der Waals surface area contributed by atoms with Gasteiger partial charge in [0.15, 0.2) is 0 Å². The second-order valence-electron chi connectivity index (χ2n) is 6.98. The Morgan fingerprint density at radius 2 is 2.04 bits per heavy atom. The molecule has 1 heterocycles. The van der Waals surface area contributed by atoms with Gasteiger partial charge in [0.05, 0.1) is 19.8 Å². The van der Waals surface area contributed by atoms with E-state index in [1.165, 1.54) is 11.1 Å². The Hall–Kier alpha value is -2.37. The second kappa shape index (κ2) is 7.09. The lowest BCUT2D eigenvalue weighted by molar-refractivity contribution is -0.100. The summed E-state index contributed by atoms with van der Waals surface area (Å²) in [6, 6.07) is 16.1. The highest BCUT2D eigenvalue weighted by molar-refractivity contribution is 5.89. The van der Waals surface area contributed by atoms with Crippen LogP contribution in [0.15, 0.2) is 48.5 Å². The Labute approximate surface area is 153 Å². The van der Waals surface area contributed by atoms with Crippen molar-refractivity contribution in [1.82, 2.24) is 4.90 Å². The zero-order chi connectivity index (χ0) is 18.0. The molecule has 0 radical (unpaired) electrons. The first-order valence-corrected chi connectivity index (χ1v) is 9.06. The van der Waals surface area contributed by atoms with Crippen LogP contribution in [0.25, 0.3) is 0 Å². The molecule has 4 rings (SSSR count). The van der Waals surface area contributed by atoms with Gasteiger partial charge in [0.2, 0.25) is 0 Å². The lowest BCUT2D eigenvalue weighted by atomic mass is 9.94. The van der Waals surface area contributed by atoms with Gasteiger partial charge in [-0.1, -0.05) is 36.4 Å². The number of nitrogens with one attached hydrogen (secondary N) is 1. The molecule has 2 aromatic rings. The smallest absolute Gasteiger partial charge is 0.322 e. The fourth-order valence-electron chi connectivity index (χ4n) is 3.98. The number of hydrogen-bond donors (Lipinski definition) is 1. The maximum absolute atomic E-state index is 12.8. The van der Waals surface area contributed by atoms with Crippen LogP contribution in [-0.2, 0) is 28.1 Å². The lowest BCUT2D eigenvalue weighted by Crippen LogP contribution is -2.52. The zero-order valence-corrected chi connectivity index (χ0v) is 15.0. The van der Waals surface area contributed by atoms with Crippen LogP contribution in [-0.4, -0.2) is 37.7 Å². The van der Waals surface area contributed by atoms with E-state index in [-0.39, 0.29) is 11.6 Å². The zero-order valence-electron chi connectivity index (χ0n) is 15.0. The number of benzene rings is 2. The number of carbonyl (C=O) groups excluding carboxylic acids is 1. The number of rotatable bonds is 3. The maximum atomic E-state index is 12.8. The summed E-state index contributed by atoms with van der Waals surface area (Å²) in [6.45, 7) is 2.34. The Morgan fingerprint density at radius 3 is 2.85 bits per heavy atom. The highest BCUT2D eigenvalue weighted by Gasteiger charge is 2.44. The van der Waals surface area contributed by atoms with Crippen molar-refractivity contribution in [2.45, 2.75) is 25.0 Å². The van der Waals surface area contributed by atoms with Gasteiger partial charge in [0.25, 0.3) is 0 Å². The summed E-state index contributed by atoms with van der Waals surface area (Å²) in [5, 5.41) is 3.00. The van der Waals surface area contributed by atoms with Crippen LogP contribution < -0.4 is 5.32 Å². The first-order valence-electron chi connectivity index (χ1n) is 9.06. The number of hydrogen-bond acceptors (Lipinski definition) is 3. The van der Waals surface area contributed by atoms with Gasteiger partial charge in [-0.05, 0) is 41.7 Å². The molecule has 136 valence electrons. The van der Waals surface area contributed by atoms with Crippen LogP contribution in [0.2, 0.25) is 0 Å². The van der Waals surface area contributed by atoms with E-state index in [4.69, 9.17) is 9.47 Å². The Balaban J connectivity index is 1.46. The normalized spacial score (nSPS) is 21.7. The van der Waals surface area contributed by atoms with Gasteiger partial charge in [-0.3, -0.25) is 0 Å². The van der Waals surface area contributed by atoms with E-state index in [9.17, 15) is 4.79 Å². The summed E-state index contributed by atoms with van der Waals surface area (Å²) in [6.07, 6.45) is 1.94. The second-order valence-corrected chi connectivity index (χ2v) is 6.98. The predicted octanol–water partition coefficient (Wildman–Crippen LogP) is 3.54. The maximum Gasteiger partial charge on any atom is 0.322 e. The summed E-state index contributed by atoms with van der Waals surface area (Å²) < 4.78 is 11.3. The average molecular weight is 352 g/mol. The van der Waals surface area contributed by atoms with Crippen molar-refractivity contribution in [3.05, 3.63) is 65.2 Å². The lowest BCUT2D eigenvalue weighted by Gasteiger charge is -2.41. The molecule has 1 N–H and O–H groups in total. The standard InChI is InChI=1S/C21H24N2O3/c1-25-14-16-6-8-18(9-7-16)22-20(24)23-12-13-26-21(15-23)11-10-17-4-2-3-5-19(17)21/h2-9H,10-15H2,1H3,(H,22,24)/t21-/m1/s1. The number of carbonyl (C=O) groups is 1. The van der Waals surface area contributed by atoms with E-state index in [1.807, 2.05) is 29.2 Å². The van der Waals surface area contributed by atoms with Crippen LogP contribution in [0.3, 0.4) is 0 Å². The quantitative estimate of drug-likeness (QED) is 0.919. The largest absolute Gasteiger partial charge is 0.380 e. The van der Waals surface area contributed by atoms with Crippen LogP contribution in [0.4, 0.5) is 10.5 Å². The molecule has 0 saturated carbocycles. The Morgan fingerprint density at radius 1 is 1.23 bits per heavy atom. The van der Waals surface area contributed by atoms with Gasteiger partial charge >= 0.3 is 6.03 Å². The minimum atomic E-state index is -0.353. The van der Waals surface area contributed by atoms with Gasteiger partial charge in [-0.25, -0.2) is 4.79 Å². The molecule has 1 spiro atoms. The minimum absolute atomic E-state index is 0.0726. The third-order valence-electron chi connectivity index (χ3n) is 5.30. The van der Waals surface area contributed by atoms with Crippen molar-refractivity contribution in [1.29, 1.82) is 0 Å². The van der Waals surface area contributed by atoms with E-state index in [0.29, 0.717) is 26.3 Å². The fraction of sp³-hybridized carbons (Fsp3) is 0.381. The number of anilines is 1. The van der Waals surface area contributed by atoms with E-state index in [2.05, 4.69) is 29.6 Å². The van der Waals surface area contributed by atoms with Crippen molar-refractivity contribution in [2.24, 2.45) is 0 Å². The number of morpholine rings is 1. The summed E-state index contributed by atoms with van der Waals surface area (Å²) in [7, 11) is 1.67. The molecule has 2 aliphatic rings. The molecular formula is C21H24N2O3. The SMILES string of the molecule is COCc1ccc(NC(=O)N2CCO[C@]3(CCc4ccccc43)C2)cc1. The summed E-state index contributed by atoms with van der Waals surface area (Å²) >= 11 is 0. The number of ether oxygens (including phenoxy) is 2. The van der Waals surface area contributed by atoms with Crippen molar-refractivity contribution < 1.29 is 14.3 Å². The van der Waals surface area contributed by atoms with Gasteiger partial charge in [0.1, 0.15) is 5.60 Å². The molecule has 5 heteroatoms. The topological polar surface area (TPSA) is 50.8 Å². The van der Waals surface area contributed by atoms with Gasteiger partial charge in [0, 0.05) is 19.3 Å². The van der Waals surface area contributed by atoms with Gasteiger partial charge in [-0.2, -0.15) is 0 Å². The molecule has 1 aliphatic carbocycles. The van der Waals surface area contributed by atoms with E-state index in [0.717, 1.165) is 24.1 Å². The summed E-state index contributed by atoms with van der Waals surface area (Å²) in [5.41, 5.74) is 4.10. The third-order valence-corrected chi connectivity index (χ3v) is 5.30. The molecule has 1 saturated heterocycles. The van der Waals surface area contributed by atoms with Crippen molar-refractivity contribution in [3.63, 3.8) is 0 Å². The number of amides is 2. The van der Waals surface area contributed by atoms with Crippen LogP contribution in [0.5, 0.6) is 0 Å². The minimum Gasteiger partial charge on any atom is -0.380 e. The van der Waals surface area contributed by atoms with E-state index >= 15 is 0 Å². The number of nitrogens with zero attached hydrogens (tertiary/aromatic N) is 1.